The van der Waals surface area contributed by atoms with Gasteiger partial charge in [-0.15, -0.1) is 0 Å². The number of imidazole rings is 1. The largest absolute Gasteiger partial charge is 0.323 e. The zero-order valence-corrected chi connectivity index (χ0v) is 15.7. The molecular weight excluding hydrogens is 377 g/mol. The summed E-state index contributed by atoms with van der Waals surface area (Å²) in [6.45, 7) is 0.588. The van der Waals surface area contributed by atoms with Crippen molar-refractivity contribution in [3.05, 3.63) is 84.7 Å². The van der Waals surface area contributed by atoms with Gasteiger partial charge in [0.05, 0.1) is 15.9 Å². The SMILES string of the molecule is O=S(=O)(NCCn1c(-c2ccc(F)cc2)nc2ccccc21)c1ccccc1. The molecule has 0 fully saturated rings. The van der Waals surface area contributed by atoms with Gasteiger partial charge in [0.1, 0.15) is 11.6 Å². The molecule has 0 unspecified atom stereocenters. The lowest BCUT2D eigenvalue weighted by Gasteiger charge is -2.11. The van der Waals surface area contributed by atoms with Crippen molar-refractivity contribution in [1.29, 1.82) is 0 Å². The molecule has 0 saturated carbocycles. The van der Waals surface area contributed by atoms with Crippen LogP contribution >= 0.6 is 0 Å². The van der Waals surface area contributed by atoms with Crippen molar-refractivity contribution in [2.45, 2.75) is 11.4 Å². The van der Waals surface area contributed by atoms with E-state index in [9.17, 15) is 12.8 Å². The molecule has 0 aliphatic rings. The van der Waals surface area contributed by atoms with Crippen LogP contribution in [0.25, 0.3) is 22.4 Å². The van der Waals surface area contributed by atoms with Gasteiger partial charge in [-0.25, -0.2) is 22.5 Å². The van der Waals surface area contributed by atoms with Crippen LogP contribution in [0.5, 0.6) is 0 Å². The second-order valence-corrected chi connectivity index (χ2v) is 8.06. The number of nitrogens with zero attached hydrogens (tertiary/aromatic N) is 2. The summed E-state index contributed by atoms with van der Waals surface area (Å²) in [5.74, 6) is 0.349. The summed E-state index contributed by atoms with van der Waals surface area (Å²) in [6.07, 6.45) is 0. The lowest BCUT2D eigenvalue weighted by Crippen LogP contribution is -2.27. The van der Waals surface area contributed by atoms with Crippen molar-refractivity contribution >= 4 is 21.1 Å². The summed E-state index contributed by atoms with van der Waals surface area (Å²) in [5.41, 5.74) is 2.46. The molecule has 3 aromatic carbocycles. The van der Waals surface area contributed by atoms with Gasteiger partial charge >= 0.3 is 0 Å². The number of hydrogen-bond acceptors (Lipinski definition) is 3. The third kappa shape index (κ3) is 3.67. The molecule has 1 heterocycles. The van der Waals surface area contributed by atoms with Crippen LogP contribution in [0.15, 0.2) is 83.8 Å². The summed E-state index contributed by atoms with van der Waals surface area (Å²) in [4.78, 5) is 4.88. The molecule has 4 rings (SSSR count). The molecule has 0 spiro atoms. The zero-order valence-electron chi connectivity index (χ0n) is 14.9. The topological polar surface area (TPSA) is 64.0 Å². The van der Waals surface area contributed by atoms with Crippen molar-refractivity contribution in [2.24, 2.45) is 0 Å². The molecule has 0 saturated heterocycles. The van der Waals surface area contributed by atoms with E-state index in [0.29, 0.717) is 12.4 Å². The van der Waals surface area contributed by atoms with E-state index in [1.165, 1.54) is 12.1 Å². The maximum absolute atomic E-state index is 13.3. The van der Waals surface area contributed by atoms with Crippen LogP contribution in [0.3, 0.4) is 0 Å². The van der Waals surface area contributed by atoms with Crippen molar-refractivity contribution in [2.75, 3.05) is 6.54 Å². The Bertz CT molecular complexity index is 1200. The second kappa shape index (κ2) is 7.53. The van der Waals surface area contributed by atoms with Gasteiger partial charge in [0, 0.05) is 18.7 Å². The molecule has 4 aromatic rings. The van der Waals surface area contributed by atoms with Crippen LogP contribution in [0.4, 0.5) is 4.39 Å². The number of rotatable bonds is 6. The highest BCUT2D eigenvalue weighted by Crippen LogP contribution is 2.25. The Labute approximate surface area is 162 Å². The highest BCUT2D eigenvalue weighted by Gasteiger charge is 2.15. The Kier molecular flexibility index (Phi) is 4.93. The Morgan fingerprint density at radius 3 is 2.32 bits per heavy atom. The van der Waals surface area contributed by atoms with Gasteiger partial charge in [-0.05, 0) is 48.5 Å². The van der Waals surface area contributed by atoms with E-state index < -0.39 is 10.0 Å². The fourth-order valence-corrected chi connectivity index (χ4v) is 4.14. The van der Waals surface area contributed by atoms with Gasteiger partial charge in [-0.2, -0.15) is 0 Å². The van der Waals surface area contributed by atoms with Crippen LogP contribution < -0.4 is 4.72 Å². The van der Waals surface area contributed by atoms with Crippen molar-refractivity contribution in [3.8, 4) is 11.4 Å². The number of para-hydroxylation sites is 2. The number of halogens is 1. The third-order valence-electron chi connectivity index (χ3n) is 4.44. The van der Waals surface area contributed by atoms with Gasteiger partial charge in [0.25, 0.3) is 0 Å². The van der Waals surface area contributed by atoms with Crippen molar-refractivity contribution < 1.29 is 12.8 Å². The smallest absolute Gasteiger partial charge is 0.240 e. The number of nitrogens with one attached hydrogen (secondary N) is 1. The highest BCUT2D eigenvalue weighted by molar-refractivity contribution is 7.89. The van der Waals surface area contributed by atoms with Gasteiger partial charge < -0.3 is 4.57 Å². The van der Waals surface area contributed by atoms with Gasteiger partial charge in [0.15, 0.2) is 0 Å². The van der Waals surface area contributed by atoms with Crippen LogP contribution in [0, 0.1) is 5.82 Å². The molecule has 1 aromatic heterocycles. The molecule has 142 valence electrons. The summed E-state index contributed by atoms with van der Waals surface area (Å²) >= 11 is 0. The van der Waals surface area contributed by atoms with E-state index in [1.807, 2.05) is 28.8 Å². The maximum Gasteiger partial charge on any atom is 0.240 e. The molecule has 5 nitrogen and oxygen atoms in total. The molecular formula is C21H18FN3O2S. The Morgan fingerprint density at radius 1 is 0.893 bits per heavy atom. The zero-order chi connectivity index (χ0) is 19.6. The molecule has 0 radical (unpaired) electrons. The maximum atomic E-state index is 13.3. The lowest BCUT2D eigenvalue weighted by molar-refractivity contribution is 0.574. The Morgan fingerprint density at radius 2 is 1.57 bits per heavy atom. The van der Waals surface area contributed by atoms with Crippen LogP contribution in [0.2, 0.25) is 0 Å². The van der Waals surface area contributed by atoms with E-state index >= 15 is 0 Å². The average Bonchev–Trinajstić information content (AvgIpc) is 3.08. The monoisotopic (exact) mass is 395 g/mol. The molecule has 0 bridgehead atoms. The van der Waals surface area contributed by atoms with E-state index in [0.717, 1.165) is 16.6 Å². The molecule has 0 aliphatic carbocycles. The Balaban J connectivity index is 1.63. The van der Waals surface area contributed by atoms with E-state index in [4.69, 9.17) is 0 Å². The van der Waals surface area contributed by atoms with Gasteiger partial charge in [-0.3, -0.25) is 0 Å². The quantitative estimate of drug-likeness (QED) is 0.540. The fourth-order valence-electron chi connectivity index (χ4n) is 3.10. The number of benzene rings is 3. The summed E-state index contributed by atoms with van der Waals surface area (Å²) < 4.78 is 42.7. The molecule has 0 amide bonds. The van der Waals surface area contributed by atoms with Gasteiger partial charge in [0.2, 0.25) is 10.0 Å². The predicted octanol–water partition coefficient (Wildman–Crippen LogP) is 3.82. The van der Waals surface area contributed by atoms with Crippen LogP contribution in [-0.2, 0) is 16.6 Å². The first-order valence-electron chi connectivity index (χ1n) is 8.80. The summed E-state index contributed by atoms with van der Waals surface area (Å²) in [7, 11) is -3.58. The first kappa shape index (κ1) is 18.3. The first-order chi connectivity index (χ1) is 13.5. The molecule has 28 heavy (non-hydrogen) atoms. The standard InChI is InChI=1S/C21H18FN3O2S/c22-17-12-10-16(11-13-17)21-24-19-8-4-5-9-20(19)25(21)15-14-23-28(26,27)18-6-2-1-3-7-18/h1-13,23H,14-15H2. The number of hydrogen-bond donors (Lipinski definition) is 1. The normalized spacial score (nSPS) is 11.8. The van der Waals surface area contributed by atoms with Crippen molar-refractivity contribution in [3.63, 3.8) is 0 Å². The minimum atomic E-state index is -3.58. The fraction of sp³-hybridized carbons (Fsp3) is 0.0952. The lowest BCUT2D eigenvalue weighted by atomic mass is 10.2. The van der Waals surface area contributed by atoms with Gasteiger partial charge in [-0.1, -0.05) is 30.3 Å². The number of fused-ring (bicyclic) bond motifs is 1. The minimum absolute atomic E-state index is 0.200. The second-order valence-electron chi connectivity index (χ2n) is 6.29. The van der Waals surface area contributed by atoms with Crippen LogP contribution in [0.1, 0.15) is 0 Å². The average molecular weight is 395 g/mol. The summed E-state index contributed by atoms with van der Waals surface area (Å²) in [5, 5.41) is 0. The predicted molar refractivity (Wildman–Crippen MR) is 107 cm³/mol. The Hall–Kier alpha value is -3.03. The number of aromatic nitrogens is 2. The van der Waals surface area contributed by atoms with Crippen molar-refractivity contribution in [1.82, 2.24) is 14.3 Å². The number of sulfonamides is 1. The van der Waals surface area contributed by atoms with Crippen LogP contribution in [-0.4, -0.2) is 24.5 Å². The van der Waals surface area contributed by atoms with E-state index in [1.54, 1.807) is 42.5 Å². The molecule has 7 heteroatoms. The first-order valence-corrected chi connectivity index (χ1v) is 10.3. The molecule has 1 N–H and O–H groups in total. The molecule has 0 aliphatic heterocycles. The highest BCUT2D eigenvalue weighted by atomic mass is 32.2. The minimum Gasteiger partial charge on any atom is -0.323 e. The molecule has 0 atom stereocenters. The third-order valence-corrected chi connectivity index (χ3v) is 5.91. The summed E-state index contributed by atoms with van der Waals surface area (Å²) in [6, 6.07) is 22.0. The van der Waals surface area contributed by atoms with E-state index in [2.05, 4.69) is 9.71 Å². The van der Waals surface area contributed by atoms with E-state index in [-0.39, 0.29) is 17.3 Å².